The van der Waals surface area contributed by atoms with E-state index in [9.17, 15) is 4.79 Å². The second kappa shape index (κ2) is 6.59. The van der Waals surface area contributed by atoms with Crippen molar-refractivity contribution in [1.82, 2.24) is 9.88 Å². The van der Waals surface area contributed by atoms with Crippen molar-refractivity contribution in [2.75, 3.05) is 13.6 Å². The van der Waals surface area contributed by atoms with E-state index in [4.69, 9.17) is 0 Å². The average Bonchev–Trinajstić information content (AvgIpc) is 2.89. The molecule has 0 bridgehead atoms. The van der Waals surface area contributed by atoms with E-state index in [0.717, 1.165) is 29.9 Å². The fourth-order valence-electron chi connectivity index (χ4n) is 1.98. The smallest absolute Gasteiger partial charge is 0.164 e. The summed E-state index contributed by atoms with van der Waals surface area (Å²) >= 11 is 1.60. The molecule has 0 amide bonds. The number of benzene rings is 1. The molecule has 0 saturated carbocycles. The SMILES string of the molecule is Cc1ccccc1C(=O)CCN(C)Cc1cscn1. The van der Waals surface area contributed by atoms with Crippen LogP contribution in [-0.2, 0) is 6.54 Å². The molecule has 1 aromatic heterocycles. The second-order valence-corrected chi connectivity index (χ2v) is 5.42. The molecule has 2 rings (SSSR count). The van der Waals surface area contributed by atoms with Crippen molar-refractivity contribution in [3.63, 3.8) is 0 Å². The van der Waals surface area contributed by atoms with Gasteiger partial charge in [-0.3, -0.25) is 4.79 Å². The Hall–Kier alpha value is -1.52. The molecule has 19 heavy (non-hydrogen) atoms. The van der Waals surface area contributed by atoms with E-state index in [2.05, 4.69) is 9.88 Å². The summed E-state index contributed by atoms with van der Waals surface area (Å²) in [6.45, 7) is 3.53. The number of Topliss-reactive ketones (excluding diaryl/α,β-unsaturated/α-hetero) is 1. The van der Waals surface area contributed by atoms with Gasteiger partial charge < -0.3 is 4.90 Å². The van der Waals surface area contributed by atoms with Crippen molar-refractivity contribution in [3.05, 3.63) is 52.0 Å². The molecule has 0 saturated heterocycles. The van der Waals surface area contributed by atoms with Gasteiger partial charge in [0.1, 0.15) is 0 Å². The molecule has 0 aliphatic carbocycles. The third kappa shape index (κ3) is 3.98. The van der Waals surface area contributed by atoms with Gasteiger partial charge in [-0.1, -0.05) is 24.3 Å². The molecule has 0 aliphatic heterocycles. The van der Waals surface area contributed by atoms with Crippen molar-refractivity contribution in [2.45, 2.75) is 19.9 Å². The van der Waals surface area contributed by atoms with E-state index in [-0.39, 0.29) is 5.78 Å². The predicted octanol–water partition coefficient (Wildman–Crippen LogP) is 3.16. The Labute approximate surface area is 117 Å². The van der Waals surface area contributed by atoms with Gasteiger partial charge >= 0.3 is 0 Å². The first-order chi connectivity index (χ1) is 9.16. The minimum atomic E-state index is 0.211. The van der Waals surface area contributed by atoms with Crippen molar-refractivity contribution < 1.29 is 4.79 Å². The number of nitrogens with zero attached hydrogens (tertiary/aromatic N) is 2. The Balaban J connectivity index is 1.85. The maximum atomic E-state index is 12.1. The monoisotopic (exact) mass is 274 g/mol. The Morgan fingerprint density at radius 1 is 1.37 bits per heavy atom. The summed E-state index contributed by atoms with van der Waals surface area (Å²) in [6.07, 6.45) is 0.547. The number of carbonyl (C=O) groups excluding carboxylic acids is 1. The molecule has 1 heterocycles. The van der Waals surface area contributed by atoms with Crippen LogP contribution < -0.4 is 0 Å². The standard InChI is InChI=1S/C15H18N2OS/c1-12-5-3-4-6-14(12)15(18)7-8-17(2)9-13-10-19-11-16-13/h3-6,10-11H,7-9H2,1-2H3. The van der Waals surface area contributed by atoms with Gasteiger partial charge in [-0.25, -0.2) is 4.98 Å². The number of carbonyl (C=O) groups is 1. The van der Waals surface area contributed by atoms with Gasteiger partial charge in [-0.2, -0.15) is 0 Å². The quantitative estimate of drug-likeness (QED) is 0.759. The molecular formula is C15H18N2OS. The highest BCUT2D eigenvalue weighted by Gasteiger charge is 2.10. The summed E-state index contributed by atoms with van der Waals surface area (Å²) in [5, 5.41) is 2.04. The van der Waals surface area contributed by atoms with Crippen LogP contribution in [0.15, 0.2) is 35.2 Å². The summed E-state index contributed by atoms with van der Waals surface area (Å²) in [6, 6.07) is 7.75. The molecule has 1 aromatic carbocycles. The molecule has 3 nitrogen and oxygen atoms in total. The Bertz CT molecular complexity index is 537. The van der Waals surface area contributed by atoms with E-state index in [1.807, 2.05) is 49.1 Å². The zero-order valence-electron chi connectivity index (χ0n) is 11.3. The number of thiazole rings is 1. The molecule has 2 aromatic rings. The van der Waals surface area contributed by atoms with Crippen LogP contribution in [0.25, 0.3) is 0 Å². The number of ketones is 1. The van der Waals surface area contributed by atoms with Gasteiger partial charge in [0.2, 0.25) is 0 Å². The van der Waals surface area contributed by atoms with Gasteiger partial charge in [0.05, 0.1) is 11.2 Å². The molecule has 0 N–H and O–H groups in total. The van der Waals surface area contributed by atoms with E-state index in [0.29, 0.717) is 6.42 Å². The molecule has 0 fully saturated rings. The third-order valence-electron chi connectivity index (χ3n) is 3.08. The first kappa shape index (κ1) is 13.9. The maximum Gasteiger partial charge on any atom is 0.164 e. The van der Waals surface area contributed by atoms with Crippen LogP contribution >= 0.6 is 11.3 Å². The van der Waals surface area contributed by atoms with Crippen LogP contribution in [0.4, 0.5) is 0 Å². The number of aryl methyl sites for hydroxylation is 1. The lowest BCUT2D eigenvalue weighted by Crippen LogP contribution is -2.21. The van der Waals surface area contributed by atoms with Crippen LogP contribution in [0.5, 0.6) is 0 Å². The Kier molecular flexibility index (Phi) is 4.82. The van der Waals surface area contributed by atoms with E-state index in [1.165, 1.54) is 0 Å². The second-order valence-electron chi connectivity index (χ2n) is 4.71. The fraction of sp³-hybridized carbons (Fsp3) is 0.333. The Morgan fingerprint density at radius 2 is 2.16 bits per heavy atom. The van der Waals surface area contributed by atoms with Crippen molar-refractivity contribution in [2.24, 2.45) is 0 Å². The van der Waals surface area contributed by atoms with Gasteiger partial charge in [0.25, 0.3) is 0 Å². The highest BCUT2D eigenvalue weighted by atomic mass is 32.1. The molecule has 0 spiro atoms. The minimum absolute atomic E-state index is 0.211. The number of hydrogen-bond acceptors (Lipinski definition) is 4. The van der Waals surface area contributed by atoms with Gasteiger partial charge in [0.15, 0.2) is 5.78 Å². The number of hydrogen-bond donors (Lipinski definition) is 0. The summed E-state index contributed by atoms with van der Waals surface area (Å²) in [7, 11) is 2.02. The van der Waals surface area contributed by atoms with Crippen molar-refractivity contribution in [1.29, 1.82) is 0 Å². The van der Waals surface area contributed by atoms with Crippen LogP contribution in [0.1, 0.15) is 28.0 Å². The normalized spacial score (nSPS) is 10.9. The summed E-state index contributed by atoms with van der Waals surface area (Å²) in [5.41, 5.74) is 4.79. The molecule has 4 heteroatoms. The molecule has 0 unspecified atom stereocenters. The average molecular weight is 274 g/mol. The molecular weight excluding hydrogens is 256 g/mol. The van der Waals surface area contributed by atoms with E-state index < -0.39 is 0 Å². The van der Waals surface area contributed by atoms with Gasteiger partial charge in [-0.15, -0.1) is 11.3 Å². The van der Waals surface area contributed by atoms with E-state index in [1.54, 1.807) is 11.3 Å². The summed E-state index contributed by atoms with van der Waals surface area (Å²) in [4.78, 5) is 18.5. The zero-order valence-corrected chi connectivity index (χ0v) is 12.1. The third-order valence-corrected chi connectivity index (χ3v) is 3.72. The van der Waals surface area contributed by atoms with E-state index >= 15 is 0 Å². The van der Waals surface area contributed by atoms with Crippen molar-refractivity contribution in [3.8, 4) is 0 Å². The van der Waals surface area contributed by atoms with Crippen LogP contribution in [-0.4, -0.2) is 29.3 Å². The van der Waals surface area contributed by atoms with Crippen LogP contribution in [0.3, 0.4) is 0 Å². The first-order valence-electron chi connectivity index (χ1n) is 6.31. The first-order valence-corrected chi connectivity index (χ1v) is 7.25. The highest BCUT2D eigenvalue weighted by molar-refractivity contribution is 7.07. The van der Waals surface area contributed by atoms with Gasteiger partial charge in [0, 0.05) is 30.5 Å². The highest BCUT2D eigenvalue weighted by Crippen LogP contribution is 2.11. The number of rotatable bonds is 6. The lowest BCUT2D eigenvalue weighted by molar-refractivity contribution is 0.0967. The molecule has 100 valence electrons. The van der Waals surface area contributed by atoms with Crippen LogP contribution in [0.2, 0.25) is 0 Å². The Morgan fingerprint density at radius 3 is 2.84 bits per heavy atom. The molecule has 0 aliphatic rings. The molecule has 0 radical (unpaired) electrons. The topological polar surface area (TPSA) is 33.2 Å². The van der Waals surface area contributed by atoms with Crippen LogP contribution in [0, 0.1) is 6.92 Å². The largest absolute Gasteiger partial charge is 0.300 e. The fourth-order valence-corrected chi connectivity index (χ4v) is 2.53. The van der Waals surface area contributed by atoms with Gasteiger partial charge in [-0.05, 0) is 19.5 Å². The zero-order chi connectivity index (χ0) is 13.7. The van der Waals surface area contributed by atoms with Crippen molar-refractivity contribution >= 4 is 17.1 Å². The number of aromatic nitrogens is 1. The predicted molar refractivity (Wildman–Crippen MR) is 78.6 cm³/mol. The maximum absolute atomic E-state index is 12.1. The lowest BCUT2D eigenvalue weighted by Gasteiger charge is -2.14. The summed E-state index contributed by atoms with van der Waals surface area (Å²) in [5.74, 6) is 0.211. The lowest BCUT2D eigenvalue weighted by atomic mass is 10.0. The summed E-state index contributed by atoms with van der Waals surface area (Å²) < 4.78 is 0. The molecule has 0 atom stereocenters. The minimum Gasteiger partial charge on any atom is -0.300 e.